The summed E-state index contributed by atoms with van der Waals surface area (Å²) < 4.78 is 69.1. The molecule has 1 heterocycles. The third-order valence-electron chi connectivity index (χ3n) is 5.37. The molecule has 15 heteroatoms. The summed E-state index contributed by atoms with van der Waals surface area (Å²) in [5.74, 6) is 1.95. The molecule has 0 aliphatic heterocycles. The van der Waals surface area contributed by atoms with Crippen molar-refractivity contribution < 1.29 is 41.0 Å². The predicted molar refractivity (Wildman–Crippen MR) is 167 cm³/mol. The second-order valence-electron chi connectivity index (χ2n) is 9.89. The van der Waals surface area contributed by atoms with Crippen LogP contribution in [-0.4, -0.2) is 68.9 Å². The molecule has 0 aliphatic carbocycles. The molecule has 2 aromatic rings. The second kappa shape index (κ2) is 16.5. The molecule has 1 aromatic carbocycles. The fourth-order valence-corrected chi connectivity index (χ4v) is 8.80. The lowest BCUT2D eigenvalue weighted by atomic mass is 10.1. The number of alkyl halides is 2. The maximum absolute atomic E-state index is 13.9. The van der Waals surface area contributed by atoms with Crippen LogP contribution in [0.5, 0.6) is 11.5 Å². The van der Waals surface area contributed by atoms with Crippen molar-refractivity contribution in [3.05, 3.63) is 29.8 Å². The highest BCUT2D eigenvalue weighted by atomic mass is 35.5. The largest absolute Gasteiger partial charge is 0.490 e. The van der Waals surface area contributed by atoms with Crippen molar-refractivity contribution >= 4 is 58.3 Å². The van der Waals surface area contributed by atoms with E-state index in [1.165, 1.54) is 6.07 Å². The minimum absolute atomic E-state index is 0.0111. The highest BCUT2D eigenvalue weighted by molar-refractivity contribution is 7.92. The van der Waals surface area contributed by atoms with E-state index in [1.807, 2.05) is 13.0 Å². The number of hydrogen-bond donors (Lipinski definition) is 0. The van der Waals surface area contributed by atoms with E-state index >= 15 is 0 Å². The molecular formula is C27H40Cl2NO9PS2. The molecule has 42 heavy (non-hydrogen) atoms. The lowest BCUT2D eigenvalue weighted by molar-refractivity contribution is 0.0399. The van der Waals surface area contributed by atoms with Gasteiger partial charge in [0.05, 0.1) is 26.4 Å². The number of hydrogen-bond acceptors (Lipinski definition) is 10. The lowest BCUT2D eigenvalue weighted by Gasteiger charge is -2.28. The average molecular weight is 689 g/mol. The number of carbonyl (C=O) groups is 1. The SMILES string of the molecule is CCOP(=O)(CN(C(=O)OC(C)(C)C)S(=O)(=O)c1ccc(-c2ccc(OCCCCl)c(OCCCCl)c2C)s1)OCC. The van der Waals surface area contributed by atoms with E-state index < -0.39 is 35.6 Å². The molecule has 2 rings (SSSR count). The fourth-order valence-electron chi connectivity index (χ4n) is 3.62. The first-order valence-corrected chi connectivity index (χ1v) is 18.5. The van der Waals surface area contributed by atoms with Gasteiger partial charge in [-0.2, -0.15) is 12.7 Å². The zero-order valence-electron chi connectivity index (χ0n) is 24.8. The minimum Gasteiger partial charge on any atom is -0.490 e. The zero-order valence-corrected chi connectivity index (χ0v) is 28.9. The van der Waals surface area contributed by atoms with Crippen LogP contribution in [0, 0.1) is 6.92 Å². The number of benzene rings is 1. The molecule has 238 valence electrons. The van der Waals surface area contributed by atoms with Crippen LogP contribution in [0.25, 0.3) is 10.4 Å². The Bertz CT molecular complexity index is 1320. The topological polar surface area (TPSA) is 118 Å². The first-order chi connectivity index (χ1) is 19.7. The van der Waals surface area contributed by atoms with Gasteiger partial charge in [0.25, 0.3) is 10.0 Å². The van der Waals surface area contributed by atoms with Crippen LogP contribution >= 0.6 is 42.1 Å². The van der Waals surface area contributed by atoms with Gasteiger partial charge in [0.15, 0.2) is 11.5 Å². The minimum atomic E-state index is -4.53. The first kappa shape index (κ1) is 36.7. The maximum Gasteiger partial charge on any atom is 0.424 e. The third kappa shape index (κ3) is 10.3. The van der Waals surface area contributed by atoms with Crippen molar-refractivity contribution in [1.82, 2.24) is 4.31 Å². The predicted octanol–water partition coefficient (Wildman–Crippen LogP) is 7.89. The highest BCUT2D eigenvalue weighted by Crippen LogP contribution is 2.50. The van der Waals surface area contributed by atoms with Crippen molar-refractivity contribution in [2.75, 3.05) is 44.5 Å². The van der Waals surface area contributed by atoms with Gasteiger partial charge in [0, 0.05) is 22.2 Å². The molecule has 0 N–H and O–H groups in total. The second-order valence-corrected chi connectivity index (χ2v) is 15.8. The first-order valence-electron chi connectivity index (χ1n) is 13.5. The zero-order chi connectivity index (χ0) is 31.6. The van der Waals surface area contributed by atoms with Crippen molar-refractivity contribution in [1.29, 1.82) is 0 Å². The molecular weight excluding hydrogens is 648 g/mol. The van der Waals surface area contributed by atoms with Crippen LogP contribution in [0.2, 0.25) is 0 Å². The van der Waals surface area contributed by atoms with Gasteiger partial charge in [-0.1, -0.05) is 0 Å². The molecule has 1 aromatic heterocycles. The summed E-state index contributed by atoms with van der Waals surface area (Å²) in [6, 6.07) is 6.59. The number of ether oxygens (including phenoxy) is 3. The molecule has 10 nitrogen and oxygen atoms in total. The molecule has 1 amide bonds. The number of sulfonamides is 1. The molecule has 0 aliphatic rings. The monoisotopic (exact) mass is 687 g/mol. The van der Waals surface area contributed by atoms with E-state index in [0.717, 1.165) is 16.9 Å². The molecule has 0 saturated carbocycles. The Balaban J connectivity index is 2.54. The number of nitrogens with zero attached hydrogens (tertiary/aromatic N) is 1. The Labute approximate surface area is 263 Å². The number of carbonyl (C=O) groups excluding carboxylic acids is 1. The Morgan fingerprint density at radius 3 is 2.12 bits per heavy atom. The molecule has 0 bridgehead atoms. The van der Waals surface area contributed by atoms with Crippen molar-refractivity contribution in [2.24, 2.45) is 0 Å². The molecule has 0 atom stereocenters. The van der Waals surface area contributed by atoms with E-state index in [0.29, 0.717) is 64.1 Å². The third-order valence-corrected chi connectivity index (χ3v) is 11.3. The maximum atomic E-state index is 13.9. The fraction of sp³-hybridized carbons (Fsp3) is 0.593. The summed E-state index contributed by atoms with van der Waals surface area (Å²) in [4.78, 5) is 13.8. The summed E-state index contributed by atoms with van der Waals surface area (Å²) >= 11 is 12.6. The van der Waals surface area contributed by atoms with Crippen LogP contribution in [0.15, 0.2) is 28.5 Å². The van der Waals surface area contributed by atoms with Gasteiger partial charge >= 0.3 is 13.7 Å². The smallest absolute Gasteiger partial charge is 0.424 e. The Morgan fingerprint density at radius 2 is 1.57 bits per heavy atom. The average Bonchev–Trinajstić information content (AvgIpc) is 3.39. The van der Waals surface area contributed by atoms with Gasteiger partial charge in [-0.3, -0.25) is 4.57 Å². The highest BCUT2D eigenvalue weighted by Gasteiger charge is 2.41. The summed E-state index contributed by atoms with van der Waals surface area (Å²) in [5, 5.41) is 0. The van der Waals surface area contributed by atoms with Crippen LogP contribution in [0.3, 0.4) is 0 Å². The van der Waals surface area contributed by atoms with Gasteiger partial charge in [0.2, 0.25) is 0 Å². The lowest BCUT2D eigenvalue weighted by Crippen LogP contribution is -2.41. The molecule has 0 spiro atoms. The Hall–Kier alpha value is -1.53. The van der Waals surface area contributed by atoms with Crippen molar-refractivity contribution in [3.8, 4) is 21.9 Å². The number of halogens is 2. The van der Waals surface area contributed by atoms with Crippen molar-refractivity contribution in [2.45, 2.75) is 64.2 Å². The van der Waals surface area contributed by atoms with Crippen molar-refractivity contribution in [3.63, 3.8) is 0 Å². The summed E-state index contributed by atoms with van der Waals surface area (Å²) in [7, 11) is -8.54. The van der Waals surface area contributed by atoms with E-state index in [4.69, 9.17) is 46.5 Å². The molecule has 0 radical (unpaired) electrons. The number of amides is 1. The Morgan fingerprint density at radius 1 is 0.976 bits per heavy atom. The van der Waals surface area contributed by atoms with Gasteiger partial charge in [-0.05, 0) is 84.2 Å². The van der Waals surface area contributed by atoms with E-state index in [1.54, 1.807) is 46.8 Å². The van der Waals surface area contributed by atoms with Crippen LogP contribution in [0.4, 0.5) is 4.79 Å². The number of rotatable bonds is 17. The molecule has 0 saturated heterocycles. The van der Waals surface area contributed by atoms with E-state index in [-0.39, 0.29) is 17.4 Å². The van der Waals surface area contributed by atoms with Gasteiger partial charge < -0.3 is 23.3 Å². The summed E-state index contributed by atoms with van der Waals surface area (Å²) in [6.45, 7) is 10.6. The van der Waals surface area contributed by atoms with Gasteiger partial charge in [-0.25, -0.2) is 4.79 Å². The van der Waals surface area contributed by atoms with Crippen LogP contribution < -0.4 is 9.47 Å². The summed E-state index contributed by atoms with van der Waals surface area (Å²) in [5.41, 5.74) is 0.433. The van der Waals surface area contributed by atoms with E-state index in [2.05, 4.69) is 0 Å². The molecule has 0 fully saturated rings. The van der Waals surface area contributed by atoms with Gasteiger partial charge in [-0.15, -0.1) is 34.5 Å². The summed E-state index contributed by atoms with van der Waals surface area (Å²) in [6.07, 6.45) is -0.752. The number of thiophene rings is 1. The van der Waals surface area contributed by atoms with Crippen LogP contribution in [0.1, 0.15) is 53.0 Å². The molecule has 0 unspecified atom stereocenters. The Kier molecular flexibility index (Phi) is 14.4. The van der Waals surface area contributed by atoms with Gasteiger partial charge in [0.1, 0.15) is 16.1 Å². The normalized spacial score (nSPS) is 12.3. The van der Waals surface area contributed by atoms with Crippen LogP contribution in [-0.2, 0) is 28.4 Å². The van der Waals surface area contributed by atoms with E-state index in [9.17, 15) is 17.8 Å². The quantitative estimate of drug-likeness (QED) is 0.0929. The standard InChI is InChI=1S/C27H40Cl2NO9PS2/c1-7-37-40(32,38-8-2)19-30(26(31)39-27(4,5)6)42(33,34)24-14-13-23(41-24)21-11-12-22(35-17-9-15-28)25(20(21)3)36-18-10-16-29/h11-14H,7-10,15-19H2,1-6H3.